The van der Waals surface area contributed by atoms with Crippen molar-refractivity contribution in [1.82, 2.24) is 9.97 Å². The number of nitrogens with one attached hydrogen (secondary N) is 1. The van der Waals surface area contributed by atoms with Crippen molar-refractivity contribution in [3.05, 3.63) is 47.3 Å². The Kier molecular flexibility index (Phi) is 4.34. The van der Waals surface area contributed by atoms with E-state index in [1.807, 2.05) is 13.0 Å². The summed E-state index contributed by atoms with van der Waals surface area (Å²) < 4.78 is 5.14. The van der Waals surface area contributed by atoms with E-state index in [0.29, 0.717) is 11.7 Å². The van der Waals surface area contributed by atoms with Crippen LogP contribution in [0.25, 0.3) is 0 Å². The lowest BCUT2D eigenvalue weighted by Crippen LogP contribution is -2.05. The highest BCUT2D eigenvalue weighted by Crippen LogP contribution is 2.15. The van der Waals surface area contributed by atoms with Crippen molar-refractivity contribution in [1.29, 1.82) is 0 Å². The van der Waals surface area contributed by atoms with E-state index >= 15 is 0 Å². The largest absolute Gasteiger partial charge is 0.481 e. The normalized spacial score (nSPS) is 10.3. The van der Waals surface area contributed by atoms with Crippen LogP contribution in [0.2, 0.25) is 0 Å². The lowest BCUT2D eigenvalue weighted by atomic mass is 10.1. The van der Waals surface area contributed by atoms with Crippen molar-refractivity contribution in [2.24, 2.45) is 0 Å². The standard InChI is InChI=1S/C15H19N3O/c1-4-12-7-5-6-8-13(12)10-16-14-9-15(19-3)18-11(2)17-14/h5-9H,4,10H2,1-3H3,(H,16,17,18). The quantitative estimate of drug-likeness (QED) is 0.894. The van der Waals surface area contributed by atoms with Crippen molar-refractivity contribution in [2.75, 3.05) is 12.4 Å². The molecule has 1 N–H and O–H groups in total. The number of hydrogen-bond acceptors (Lipinski definition) is 4. The third kappa shape index (κ3) is 3.44. The predicted molar refractivity (Wildman–Crippen MR) is 76.5 cm³/mol. The zero-order valence-corrected chi connectivity index (χ0v) is 11.6. The molecule has 0 unspecified atom stereocenters. The Balaban J connectivity index is 2.12. The zero-order valence-electron chi connectivity index (χ0n) is 11.6. The van der Waals surface area contributed by atoms with Crippen molar-refractivity contribution in [2.45, 2.75) is 26.8 Å². The van der Waals surface area contributed by atoms with Gasteiger partial charge in [-0.15, -0.1) is 0 Å². The molecule has 0 saturated carbocycles. The Hall–Kier alpha value is -2.10. The van der Waals surface area contributed by atoms with Gasteiger partial charge in [-0.1, -0.05) is 31.2 Å². The number of benzene rings is 1. The smallest absolute Gasteiger partial charge is 0.218 e. The number of anilines is 1. The number of rotatable bonds is 5. The van der Waals surface area contributed by atoms with Gasteiger partial charge in [-0.05, 0) is 24.5 Å². The molecule has 0 bridgehead atoms. The Bertz CT molecular complexity index is 555. The summed E-state index contributed by atoms with van der Waals surface area (Å²) in [4.78, 5) is 8.52. The fourth-order valence-electron chi connectivity index (χ4n) is 2.00. The maximum absolute atomic E-state index is 5.14. The first-order chi connectivity index (χ1) is 9.22. The molecular weight excluding hydrogens is 238 g/mol. The van der Waals surface area contributed by atoms with Crippen LogP contribution in [0.3, 0.4) is 0 Å². The highest BCUT2D eigenvalue weighted by Gasteiger charge is 2.03. The van der Waals surface area contributed by atoms with E-state index in [-0.39, 0.29) is 0 Å². The Morgan fingerprint density at radius 3 is 2.58 bits per heavy atom. The van der Waals surface area contributed by atoms with E-state index in [9.17, 15) is 0 Å². The van der Waals surface area contributed by atoms with Gasteiger partial charge < -0.3 is 10.1 Å². The minimum atomic E-state index is 0.582. The second-order valence-corrected chi connectivity index (χ2v) is 4.32. The second-order valence-electron chi connectivity index (χ2n) is 4.32. The first-order valence-corrected chi connectivity index (χ1v) is 6.43. The van der Waals surface area contributed by atoms with Gasteiger partial charge in [-0.3, -0.25) is 0 Å². The lowest BCUT2D eigenvalue weighted by Gasteiger charge is -2.10. The highest BCUT2D eigenvalue weighted by molar-refractivity contribution is 5.40. The van der Waals surface area contributed by atoms with Crippen molar-refractivity contribution in [3.8, 4) is 5.88 Å². The fraction of sp³-hybridized carbons (Fsp3) is 0.333. The summed E-state index contributed by atoms with van der Waals surface area (Å²) in [6.07, 6.45) is 1.03. The lowest BCUT2D eigenvalue weighted by molar-refractivity contribution is 0.396. The number of ether oxygens (including phenoxy) is 1. The molecule has 4 nitrogen and oxygen atoms in total. The van der Waals surface area contributed by atoms with Gasteiger partial charge in [0.25, 0.3) is 0 Å². The van der Waals surface area contributed by atoms with Crippen molar-refractivity contribution < 1.29 is 4.74 Å². The van der Waals surface area contributed by atoms with Crippen LogP contribution in [0.5, 0.6) is 5.88 Å². The summed E-state index contributed by atoms with van der Waals surface area (Å²) in [5.74, 6) is 2.07. The van der Waals surface area contributed by atoms with Crippen LogP contribution in [0.1, 0.15) is 23.9 Å². The molecule has 0 atom stereocenters. The summed E-state index contributed by atoms with van der Waals surface area (Å²) >= 11 is 0. The van der Waals surface area contributed by atoms with Gasteiger partial charge in [0.05, 0.1) is 7.11 Å². The number of aromatic nitrogens is 2. The summed E-state index contributed by atoms with van der Waals surface area (Å²) in [5.41, 5.74) is 2.65. The second kappa shape index (κ2) is 6.18. The third-order valence-electron chi connectivity index (χ3n) is 2.98. The molecule has 100 valence electrons. The van der Waals surface area contributed by atoms with Crippen molar-refractivity contribution in [3.63, 3.8) is 0 Å². The molecule has 1 aromatic heterocycles. The molecule has 0 saturated heterocycles. The molecular formula is C15H19N3O. The molecule has 0 aliphatic carbocycles. The molecule has 0 spiro atoms. The molecule has 2 aromatic rings. The molecule has 1 heterocycles. The Morgan fingerprint density at radius 1 is 1.16 bits per heavy atom. The molecule has 0 radical (unpaired) electrons. The van der Waals surface area contributed by atoms with E-state index in [2.05, 4.69) is 46.5 Å². The van der Waals surface area contributed by atoms with Crippen LogP contribution in [-0.4, -0.2) is 17.1 Å². The minimum Gasteiger partial charge on any atom is -0.481 e. The molecule has 0 aliphatic heterocycles. The van der Waals surface area contributed by atoms with Crippen LogP contribution >= 0.6 is 0 Å². The number of aryl methyl sites for hydroxylation is 2. The van der Waals surface area contributed by atoms with Crippen LogP contribution in [0, 0.1) is 6.92 Å². The number of hydrogen-bond donors (Lipinski definition) is 1. The molecule has 0 aliphatic rings. The average Bonchev–Trinajstić information content (AvgIpc) is 2.44. The van der Waals surface area contributed by atoms with E-state index in [1.165, 1.54) is 11.1 Å². The van der Waals surface area contributed by atoms with Crippen LogP contribution in [0.15, 0.2) is 30.3 Å². The molecule has 0 fully saturated rings. The third-order valence-corrected chi connectivity index (χ3v) is 2.98. The van der Waals surface area contributed by atoms with E-state index in [1.54, 1.807) is 7.11 Å². The first kappa shape index (κ1) is 13.3. The predicted octanol–water partition coefficient (Wildman–Crippen LogP) is 2.97. The highest BCUT2D eigenvalue weighted by atomic mass is 16.5. The van der Waals surface area contributed by atoms with Crippen LogP contribution in [0.4, 0.5) is 5.82 Å². The average molecular weight is 257 g/mol. The van der Waals surface area contributed by atoms with Crippen molar-refractivity contribution >= 4 is 5.82 Å². The molecule has 2 rings (SSSR count). The van der Waals surface area contributed by atoms with Crippen LogP contribution in [-0.2, 0) is 13.0 Å². The fourth-order valence-corrected chi connectivity index (χ4v) is 2.00. The SMILES string of the molecule is CCc1ccccc1CNc1cc(OC)nc(C)n1. The summed E-state index contributed by atoms with van der Waals surface area (Å²) in [7, 11) is 1.61. The topological polar surface area (TPSA) is 47.0 Å². The van der Waals surface area contributed by atoms with E-state index in [4.69, 9.17) is 4.74 Å². The Labute approximate surface area is 113 Å². The molecule has 19 heavy (non-hydrogen) atoms. The van der Waals surface area contributed by atoms with Crippen LogP contribution < -0.4 is 10.1 Å². The van der Waals surface area contributed by atoms with Gasteiger partial charge in [0.1, 0.15) is 11.6 Å². The molecule has 1 aromatic carbocycles. The summed E-state index contributed by atoms with van der Waals surface area (Å²) in [6.45, 7) is 4.77. The minimum absolute atomic E-state index is 0.582. The van der Waals surface area contributed by atoms with Gasteiger partial charge in [-0.25, -0.2) is 4.98 Å². The van der Waals surface area contributed by atoms with E-state index in [0.717, 1.165) is 18.8 Å². The van der Waals surface area contributed by atoms with E-state index < -0.39 is 0 Å². The van der Waals surface area contributed by atoms with Gasteiger partial charge in [0.2, 0.25) is 5.88 Å². The zero-order chi connectivity index (χ0) is 13.7. The van der Waals surface area contributed by atoms with Gasteiger partial charge in [0.15, 0.2) is 0 Å². The molecule has 0 amide bonds. The summed E-state index contributed by atoms with van der Waals surface area (Å²) in [5, 5.41) is 3.32. The first-order valence-electron chi connectivity index (χ1n) is 6.43. The molecule has 4 heteroatoms. The maximum atomic E-state index is 5.14. The van der Waals surface area contributed by atoms with Gasteiger partial charge in [-0.2, -0.15) is 4.98 Å². The number of methoxy groups -OCH3 is 1. The number of nitrogens with zero attached hydrogens (tertiary/aromatic N) is 2. The maximum Gasteiger partial charge on any atom is 0.218 e. The summed E-state index contributed by atoms with van der Waals surface area (Å²) in [6, 6.07) is 10.2. The van der Waals surface area contributed by atoms with Gasteiger partial charge in [0, 0.05) is 12.6 Å². The monoisotopic (exact) mass is 257 g/mol. The Morgan fingerprint density at radius 2 is 1.89 bits per heavy atom. The van der Waals surface area contributed by atoms with Gasteiger partial charge >= 0.3 is 0 Å².